The summed E-state index contributed by atoms with van der Waals surface area (Å²) in [6, 6.07) is 8.27. The summed E-state index contributed by atoms with van der Waals surface area (Å²) in [6.07, 6.45) is 1.09. The Labute approximate surface area is 122 Å². The predicted octanol–water partition coefficient (Wildman–Crippen LogP) is 2.79. The maximum absolute atomic E-state index is 5.80. The Kier molecular flexibility index (Phi) is 9.04. The molecule has 0 fully saturated rings. The second kappa shape index (κ2) is 10.7. The fourth-order valence-corrected chi connectivity index (χ4v) is 1.95. The van der Waals surface area contributed by atoms with Crippen LogP contribution in [0.5, 0.6) is 5.75 Å². The van der Waals surface area contributed by atoms with E-state index in [9.17, 15) is 0 Å². The van der Waals surface area contributed by atoms with Crippen LogP contribution in [0.4, 0.5) is 0 Å². The van der Waals surface area contributed by atoms with Gasteiger partial charge in [0.05, 0.1) is 19.3 Å². The lowest BCUT2D eigenvalue weighted by atomic mass is 10.1. The highest BCUT2D eigenvalue weighted by Gasteiger charge is 2.15. The molecule has 0 saturated heterocycles. The molecule has 0 spiro atoms. The van der Waals surface area contributed by atoms with Crippen LogP contribution >= 0.6 is 0 Å². The average molecular weight is 281 g/mol. The monoisotopic (exact) mass is 281 g/mol. The average Bonchev–Trinajstić information content (AvgIpc) is 2.48. The molecule has 0 amide bonds. The van der Waals surface area contributed by atoms with E-state index in [0.717, 1.165) is 30.9 Å². The van der Waals surface area contributed by atoms with Crippen LogP contribution < -0.4 is 10.1 Å². The molecule has 1 atom stereocenters. The molecule has 1 unspecified atom stereocenters. The summed E-state index contributed by atoms with van der Waals surface area (Å²) in [7, 11) is 1.68. The van der Waals surface area contributed by atoms with E-state index in [-0.39, 0.29) is 6.04 Å². The van der Waals surface area contributed by atoms with Gasteiger partial charge in [-0.2, -0.15) is 0 Å². The van der Waals surface area contributed by atoms with Gasteiger partial charge in [-0.05, 0) is 26.0 Å². The largest absolute Gasteiger partial charge is 0.491 e. The van der Waals surface area contributed by atoms with E-state index < -0.39 is 0 Å². The Morgan fingerprint density at radius 2 is 1.95 bits per heavy atom. The highest BCUT2D eigenvalue weighted by atomic mass is 16.5. The molecule has 0 bridgehead atoms. The summed E-state index contributed by atoms with van der Waals surface area (Å²) < 4.78 is 16.4. The quantitative estimate of drug-likeness (QED) is 0.633. The third kappa shape index (κ3) is 5.90. The number of nitrogens with one attached hydrogen (secondary N) is 1. The van der Waals surface area contributed by atoms with Crippen LogP contribution in [0, 0.1) is 0 Å². The van der Waals surface area contributed by atoms with Crippen molar-refractivity contribution in [3.05, 3.63) is 29.8 Å². The molecule has 114 valence electrons. The molecule has 1 aromatic carbocycles. The number of hydrogen-bond donors (Lipinski definition) is 1. The van der Waals surface area contributed by atoms with Crippen LogP contribution in [0.3, 0.4) is 0 Å². The lowest BCUT2D eigenvalue weighted by Crippen LogP contribution is -2.27. The van der Waals surface area contributed by atoms with E-state index >= 15 is 0 Å². The molecular weight excluding hydrogens is 254 g/mol. The summed E-state index contributed by atoms with van der Waals surface area (Å²) in [4.78, 5) is 0. The molecule has 0 heterocycles. The van der Waals surface area contributed by atoms with E-state index in [4.69, 9.17) is 14.2 Å². The SMILES string of the molecule is CCCNC(COCC)c1ccccc1OCCOC. The van der Waals surface area contributed by atoms with Crippen LogP contribution in [0.25, 0.3) is 0 Å². The van der Waals surface area contributed by atoms with Gasteiger partial charge in [0.15, 0.2) is 0 Å². The Morgan fingerprint density at radius 3 is 2.65 bits per heavy atom. The van der Waals surface area contributed by atoms with Gasteiger partial charge in [0.2, 0.25) is 0 Å². The first-order valence-corrected chi connectivity index (χ1v) is 7.35. The predicted molar refractivity (Wildman–Crippen MR) is 81.3 cm³/mol. The number of hydrogen-bond acceptors (Lipinski definition) is 4. The number of rotatable bonds is 11. The minimum absolute atomic E-state index is 0.161. The third-order valence-corrected chi connectivity index (χ3v) is 2.97. The molecule has 4 nitrogen and oxygen atoms in total. The lowest BCUT2D eigenvalue weighted by Gasteiger charge is -2.21. The van der Waals surface area contributed by atoms with E-state index in [1.165, 1.54) is 0 Å². The highest BCUT2D eigenvalue weighted by Crippen LogP contribution is 2.25. The van der Waals surface area contributed by atoms with Gasteiger partial charge in [0.25, 0.3) is 0 Å². The Balaban J connectivity index is 2.75. The van der Waals surface area contributed by atoms with Gasteiger partial charge < -0.3 is 19.5 Å². The standard InChI is InChI=1S/C16H27NO3/c1-4-10-17-15(13-19-5-2)14-8-6-7-9-16(14)20-12-11-18-3/h6-9,15,17H,4-5,10-13H2,1-3H3. The second-order valence-electron chi connectivity index (χ2n) is 4.55. The first-order valence-electron chi connectivity index (χ1n) is 7.35. The molecule has 0 aromatic heterocycles. The van der Waals surface area contributed by atoms with Crippen molar-refractivity contribution in [1.82, 2.24) is 5.32 Å². The van der Waals surface area contributed by atoms with Gasteiger partial charge in [-0.25, -0.2) is 0 Å². The summed E-state index contributed by atoms with van der Waals surface area (Å²) in [5.41, 5.74) is 1.14. The van der Waals surface area contributed by atoms with E-state index in [2.05, 4.69) is 18.3 Å². The molecule has 0 aliphatic rings. The summed E-state index contributed by atoms with van der Waals surface area (Å²) in [5.74, 6) is 0.901. The van der Waals surface area contributed by atoms with Crippen molar-refractivity contribution in [3.63, 3.8) is 0 Å². The number of ether oxygens (including phenoxy) is 3. The molecule has 4 heteroatoms. The van der Waals surface area contributed by atoms with Gasteiger partial charge in [0.1, 0.15) is 12.4 Å². The van der Waals surface area contributed by atoms with E-state index in [0.29, 0.717) is 19.8 Å². The van der Waals surface area contributed by atoms with Crippen molar-refractivity contribution < 1.29 is 14.2 Å². The zero-order chi connectivity index (χ0) is 14.6. The minimum Gasteiger partial charge on any atom is -0.491 e. The first kappa shape index (κ1) is 17.0. The fraction of sp³-hybridized carbons (Fsp3) is 0.625. The Morgan fingerprint density at radius 1 is 1.15 bits per heavy atom. The van der Waals surface area contributed by atoms with Gasteiger partial charge in [-0.15, -0.1) is 0 Å². The number of para-hydroxylation sites is 1. The van der Waals surface area contributed by atoms with Crippen LogP contribution in [0.1, 0.15) is 31.9 Å². The molecule has 0 aliphatic carbocycles. The lowest BCUT2D eigenvalue weighted by molar-refractivity contribution is 0.119. The van der Waals surface area contributed by atoms with Crippen molar-refractivity contribution in [2.24, 2.45) is 0 Å². The van der Waals surface area contributed by atoms with Crippen molar-refractivity contribution in [2.75, 3.05) is 40.1 Å². The van der Waals surface area contributed by atoms with E-state index in [1.54, 1.807) is 7.11 Å². The van der Waals surface area contributed by atoms with Crippen molar-refractivity contribution in [3.8, 4) is 5.75 Å². The second-order valence-corrected chi connectivity index (χ2v) is 4.55. The smallest absolute Gasteiger partial charge is 0.124 e. The van der Waals surface area contributed by atoms with Crippen LogP contribution in [-0.4, -0.2) is 40.1 Å². The van der Waals surface area contributed by atoms with Gasteiger partial charge >= 0.3 is 0 Å². The Hall–Kier alpha value is -1.10. The van der Waals surface area contributed by atoms with Crippen molar-refractivity contribution in [1.29, 1.82) is 0 Å². The summed E-state index contributed by atoms with van der Waals surface area (Å²) >= 11 is 0. The zero-order valence-corrected chi connectivity index (χ0v) is 12.9. The summed E-state index contributed by atoms with van der Waals surface area (Å²) in [6.45, 7) is 7.65. The Bertz CT molecular complexity index is 349. The van der Waals surface area contributed by atoms with Crippen LogP contribution in [0.2, 0.25) is 0 Å². The molecule has 20 heavy (non-hydrogen) atoms. The molecule has 1 aromatic rings. The highest BCUT2D eigenvalue weighted by molar-refractivity contribution is 5.36. The first-order chi connectivity index (χ1) is 9.83. The fourth-order valence-electron chi connectivity index (χ4n) is 1.95. The third-order valence-electron chi connectivity index (χ3n) is 2.97. The van der Waals surface area contributed by atoms with Crippen molar-refractivity contribution >= 4 is 0 Å². The topological polar surface area (TPSA) is 39.7 Å². The van der Waals surface area contributed by atoms with Gasteiger partial charge in [0, 0.05) is 19.3 Å². The molecule has 0 saturated carbocycles. The van der Waals surface area contributed by atoms with Gasteiger partial charge in [-0.3, -0.25) is 0 Å². The minimum atomic E-state index is 0.161. The van der Waals surface area contributed by atoms with Crippen molar-refractivity contribution in [2.45, 2.75) is 26.3 Å². The maximum atomic E-state index is 5.80. The van der Waals surface area contributed by atoms with E-state index in [1.807, 2.05) is 25.1 Å². The maximum Gasteiger partial charge on any atom is 0.124 e. The normalized spacial score (nSPS) is 12.3. The molecule has 1 N–H and O–H groups in total. The zero-order valence-electron chi connectivity index (χ0n) is 12.9. The summed E-state index contributed by atoms with van der Waals surface area (Å²) in [5, 5.41) is 3.52. The number of benzene rings is 1. The van der Waals surface area contributed by atoms with Crippen LogP contribution in [0.15, 0.2) is 24.3 Å². The number of methoxy groups -OCH3 is 1. The molecule has 1 rings (SSSR count). The molecule has 0 radical (unpaired) electrons. The van der Waals surface area contributed by atoms with Crippen LogP contribution in [-0.2, 0) is 9.47 Å². The molecule has 0 aliphatic heterocycles. The molecular formula is C16H27NO3. The van der Waals surface area contributed by atoms with Gasteiger partial charge in [-0.1, -0.05) is 25.1 Å².